The van der Waals surface area contributed by atoms with Crippen LogP contribution in [0.2, 0.25) is 5.02 Å². The number of furan rings is 1. The molecular weight excluding hydrogens is 400 g/mol. The van der Waals surface area contributed by atoms with Crippen LogP contribution in [0.3, 0.4) is 0 Å². The van der Waals surface area contributed by atoms with Gasteiger partial charge in [0.15, 0.2) is 0 Å². The zero-order valence-electron chi connectivity index (χ0n) is 13.7. The van der Waals surface area contributed by atoms with Crippen molar-refractivity contribution in [2.75, 3.05) is 11.9 Å². The zero-order chi connectivity index (χ0) is 20.0. The molecule has 0 spiro atoms. The SMILES string of the molecule is NS(=O)(=O)c1cc(C(=O)OC/C=C/C(=O)O)c(NCc2ccco2)cc1Cl. The van der Waals surface area contributed by atoms with E-state index in [1.807, 2.05) is 0 Å². The molecule has 1 aromatic heterocycles. The highest BCUT2D eigenvalue weighted by molar-refractivity contribution is 7.89. The summed E-state index contributed by atoms with van der Waals surface area (Å²) >= 11 is 5.96. The molecule has 9 nitrogen and oxygen atoms in total. The second kappa shape index (κ2) is 8.71. The molecule has 144 valence electrons. The maximum Gasteiger partial charge on any atom is 0.340 e. The summed E-state index contributed by atoms with van der Waals surface area (Å²) in [6.07, 6.45) is 3.39. The average molecular weight is 415 g/mol. The van der Waals surface area contributed by atoms with Crippen LogP contribution in [-0.2, 0) is 26.1 Å². The number of hydrogen-bond donors (Lipinski definition) is 3. The van der Waals surface area contributed by atoms with Crippen LogP contribution in [0.4, 0.5) is 5.69 Å². The van der Waals surface area contributed by atoms with Crippen molar-refractivity contribution in [3.8, 4) is 0 Å². The van der Waals surface area contributed by atoms with Crippen molar-refractivity contribution >= 4 is 39.3 Å². The van der Waals surface area contributed by atoms with E-state index in [4.69, 9.17) is 31.0 Å². The van der Waals surface area contributed by atoms with Gasteiger partial charge in [0, 0.05) is 6.08 Å². The Morgan fingerprint density at radius 1 is 1.37 bits per heavy atom. The fourth-order valence-corrected chi connectivity index (χ4v) is 3.13. The quantitative estimate of drug-likeness (QED) is 0.438. The lowest BCUT2D eigenvalue weighted by atomic mass is 10.1. The van der Waals surface area contributed by atoms with Gasteiger partial charge in [-0.1, -0.05) is 11.6 Å². The van der Waals surface area contributed by atoms with Crippen LogP contribution in [-0.4, -0.2) is 32.1 Å². The van der Waals surface area contributed by atoms with Gasteiger partial charge in [-0.2, -0.15) is 0 Å². The number of nitrogens with one attached hydrogen (secondary N) is 1. The summed E-state index contributed by atoms with van der Waals surface area (Å²) in [5, 5.41) is 16.3. The molecule has 2 rings (SSSR count). The Kier molecular flexibility index (Phi) is 6.61. The maximum absolute atomic E-state index is 12.3. The normalized spacial score (nSPS) is 11.5. The zero-order valence-corrected chi connectivity index (χ0v) is 15.3. The number of rotatable bonds is 8. The summed E-state index contributed by atoms with van der Waals surface area (Å²) in [6, 6.07) is 5.60. The molecule has 0 aliphatic rings. The van der Waals surface area contributed by atoms with Crippen LogP contribution >= 0.6 is 11.6 Å². The van der Waals surface area contributed by atoms with Crippen molar-refractivity contribution in [2.45, 2.75) is 11.4 Å². The predicted molar refractivity (Wildman–Crippen MR) is 95.9 cm³/mol. The summed E-state index contributed by atoms with van der Waals surface area (Å²) < 4.78 is 33.4. The van der Waals surface area contributed by atoms with Crippen LogP contribution in [0.1, 0.15) is 16.1 Å². The first-order valence-corrected chi connectivity index (χ1v) is 9.30. The Hall–Kier alpha value is -2.82. The molecule has 0 aliphatic carbocycles. The number of halogens is 1. The first-order chi connectivity index (χ1) is 12.7. The van der Waals surface area contributed by atoms with Crippen LogP contribution < -0.4 is 10.5 Å². The van der Waals surface area contributed by atoms with Crippen molar-refractivity contribution in [1.29, 1.82) is 0 Å². The minimum absolute atomic E-state index is 0.140. The van der Waals surface area contributed by atoms with Gasteiger partial charge in [-0.25, -0.2) is 23.1 Å². The molecular formula is C16H15ClN2O7S. The molecule has 11 heteroatoms. The van der Waals surface area contributed by atoms with Gasteiger partial charge in [-0.05, 0) is 30.3 Å². The van der Waals surface area contributed by atoms with Crippen LogP contribution in [0.5, 0.6) is 0 Å². The van der Waals surface area contributed by atoms with Gasteiger partial charge < -0.3 is 19.6 Å². The van der Waals surface area contributed by atoms with E-state index in [1.54, 1.807) is 12.1 Å². The summed E-state index contributed by atoms with van der Waals surface area (Å²) in [7, 11) is -4.18. The van der Waals surface area contributed by atoms with E-state index in [0.29, 0.717) is 5.76 Å². The highest BCUT2D eigenvalue weighted by Gasteiger charge is 2.21. The molecule has 0 amide bonds. The number of carbonyl (C=O) groups is 2. The first kappa shape index (κ1) is 20.5. The lowest BCUT2D eigenvalue weighted by Crippen LogP contribution is -2.16. The fraction of sp³-hybridized carbons (Fsp3) is 0.125. The number of carboxylic acid groups (broad SMARTS) is 1. The number of esters is 1. The van der Waals surface area contributed by atoms with E-state index in [2.05, 4.69) is 5.32 Å². The van der Waals surface area contributed by atoms with Gasteiger partial charge >= 0.3 is 11.9 Å². The fourth-order valence-electron chi connectivity index (χ4n) is 2.03. The van der Waals surface area contributed by atoms with E-state index in [0.717, 1.165) is 18.2 Å². The highest BCUT2D eigenvalue weighted by Crippen LogP contribution is 2.29. The Morgan fingerprint density at radius 2 is 2.11 bits per heavy atom. The molecule has 0 aliphatic heterocycles. The lowest BCUT2D eigenvalue weighted by Gasteiger charge is -2.13. The van der Waals surface area contributed by atoms with Crippen molar-refractivity contribution in [2.24, 2.45) is 5.14 Å². The molecule has 27 heavy (non-hydrogen) atoms. The van der Waals surface area contributed by atoms with Gasteiger partial charge in [-0.15, -0.1) is 0 Å². The number of ether oxygens (including phenoxy) is 1. The van der Waals surface area contributed by atoms with Crippen molar-refractivity contribution < 1.29 is 32.3 Å². The number of nitrogens with two attached hydrogens (primary N) is 1. The molecule has 0 radical (unpaired) electrons. The number of hydrogen-bond acceptors (Lipinski definition) is 7. The van der Waals surface area contributed by atoms with E-state index >= 15 is 0 Å². The van der Waals surface area contributed by atoms with Crippen molar-refractivity contribution in [3.05, 3.63) is 59.0 Å². The van der Waals surface area contributed by atoms with Gasteiger partial charge in [0.2, 0.25) is 10.0 Å². The number of sulfonamides is 1. The molecule has 4 N–H and O–H groups in total. The third kappa shape index (κ3) is 5.84. The van der Waals surface area contributed by atoms with E-state index in [1.165, 1.54) is 12.3 Å². The molecule has 2 aromatic rings. The molecule has 1 aromatic carbocycles. The van der Waals surface area contributed by atoms with E-state index in [9.17, 15) is 18.0 Å². The molecule has 0 fully saturated rings. The van der Waals surface area contributed by atoms with Gasteiger partial charge in [0.25, 0.3) is 0 Å². The van der Waals surface area contributed by atoms with Crippen molar-refractivity contribution in [3.63, 3.8) is 0 Å². The average Bonchev–Trinajstić information content (AvgIpc) is 3.08. The van der Waals surface area contributed by atoms with E-state index < -0.39 is 26.9 Å². The maximum atomic E-state index is 12.3. The third-order valence-corrected chi connectivity index (χ3v) is 4.58. The second-order valence-electron chi connectivity index (χ2n) is 5.15. The van der Waals surface area contributed by atoms with Gasteiger partial charge in [-0.3, -0.25) is 0 Å². The number of anilines is 1. The molecule has 0 saturated carbocycles. The lowest BCUT2D eigenvalue weighted by molar-refractivity contribution is -0.131. The number of primary sulfonamides is 1. The van der Waals surface area contributed by atoms with E-state index in [-0.39, 0.29) is 29.4 Å². The Balaban J connectivity index is 2.31. The molecule has 0 saturated heterocycles. The van der Waals surface area contributed by atoms with Gasteiger partial charge in [0.1, 0.15) is 17.3 Å². The Bertz CT molecular complexity index is 969. The molecule has 1 heterocycles. The summed E-state index contributed by atoms with van der Waals surface area (Å²) in [4.78, 5) is 22.3. The summed E-state index contributed by atoms with van der Waals surface area (Å²) in [5.74, 6) is -1.53. The summed E-state index contributed by atoms with van der Waals surface area (Å²) in [5.41, 5.74) is 0.0507. The number of benzene rings is 1. The monoisotopic (exact) mass is 414 g/mol. The third-order valence-electron chi connectivity index (χ3n) is 3.20. The largest absolute Gasteiger partial charge is 0.478 e. The highest BCUT2D eigenvalue weighted by atomic mass is 35.5. The topological polar surface area (TPSA) is 149 Å². The van der Waals surface area contributed by atoms with Crippen LogP contribution in [0.25, 0.3) is 0 Å². The van der Waals surface area contributed by atoms with Gasteiger partial charge in [0.05, 0.1) is 29.1 Å². The Labute approximate surface area is 159 Å². The van der Waals surface area contributed by atoms with Crippen LogP contribution in [0.15, 0.2) is 52.0 Å². The van der Waals surface area contributed by atoms with Crippen molar-refractivity contribution in [1.82, 2.24) is 0 Å². The minimum Gasteiger partial charge on any atom is -0.478 e. The Morgan fingerprint density at radius 3 is 2.70 bits per heavy atom. The predicted octanol–water partition coefficient (Wildman–Crippen LogP) is 1.99. The smallest absolute Gasteiger partial charge is 0.340 e. The molecule has 0 atom stereocenters. The second-order valence-corrected chi connectivity index (χ2v) is 7.08. The number of carbonyl (C=O) groups excluding carboxylic acids is 1. The minimum atomic E-state index is -4.18. The summed E-state index contributed by atoms with van der Waals surface area (Å²) in [6.45, 7) is -0.132. The number of carboxylic acids is 1. The number of aliphatic carboxylic acids is 1. The van der Waals surface area contributed by atoms with Crippen LogP contribution in [0, 0.1) is 0 Å². The molecule has 0 unspecified atom stereocenters. The standard InChI is InChI=1S/C16H15ClN2O7S/c17-12-8-13(19-9-10-3-1-5-25-10)11(7-14(12)27(18,23)24)16(22)26-6-2-4-15(20)21/h1-5,7-8,19H,6,9H2,(H,20,21)(H2,18,23,24)/b4-2+. The molecule has 0 bridgehead atoms. The first-order valence-electron chi connectivity index (χ1n) is 7.37.